The van der Waals surface area contributed by atoms with E-state index in [-0.39, 0.29) is 17.2 Å². The monoisotopic (exact) mass is 269 g/mol. The average molecular weight is 269 g/mol. The van der Waals surface area contributed by atoms with Crippen LogP contribution in [-0.4, -0.2) is 38.0 Å². The van der Waals surface area contributed by atoms with Crippen molar-refractivity contribution in [3.05, 3.63) is 0 Å². The van der Waals surface area contributed by atoms with Gasteiger partial charge in [-0.3, -0.25) is 9.59 Å². The second-order valence-electron chi connectivity index (χ2n) is 5.76. The quantitative estimate of drug-likeness (QED) is 0.636. The molecule has 19 heavy (non-hydrogen) atoms. The van der Waals surface area contributed by atoms with Crippen LogP contribution in [0, 0.1) is 11.3 Å². The van der Waals surface area contributed by atoms with Crippen LogP contribution in [0.4, 0.5) is 0 Å². The minimum atomic E-state index is -0.269. The highest BCUT2D eigenvalue weighted by atomic mass is 16.2. The molecule has 1 aliphatic rings. The molecule has 1 unspecified atom stereocenters. The Balaban J connectivity index is 2.25. The van der Waals surface area contributed by atoms with E-state index < -0.39 is 0 Å². The van der Waals surface area contributed by atoms with Gasteiger partial charge >= 0.3 is 0 Å². The van der Waals surface area contributed by atoms with Gasteiger partial charge in [0, 0.05) is 26.1 Å². The molecule has 0 saturated carbocycles. The van der Waals surface area contributed by atoms with E-state index in [1.807, 2.05) is 6.92 Å². The lowest BCUT2D eigenvalue weighted by Crippen LogP contribution is -2.43. The van der Waals surface area contributed by atoms with Gasteiger partial charge in [-0.2, -0.15) is 0 Å². The van der Waals surface area contributed by atoms with Gasteiger partial charge in [0.1, 0.15) is 0 Å². The molecule has 0 radical (unpaired) electrons. The fraction of sp³-hybridized carbons (Fsp3) is 0.857. The van der Waals surface area contributed by atoms with Crippen LogP contribution >= 0.6 is 0 Å². The lowest BCUT2D eigenvalue weighted by Gasteiger charge is -2.25. The Morgan fingerprint density at radius 2 is 2.05 bits per heavy atom. The predicted molar refractivity (Wildman–Crippen MR) is 75.7 cm³/mol. The summed E-state index contributed by atoms with van der Waals surface area (Å²) >= 11 is 0. The first-order valence-corrected chi connectivity index (χ1v) is 7.26. The van der Waals surface area contributed by atoms with Crippen molar-refractivity contribution in [1.29, 1.82) is 0 Å². The molecule has 0 aromatic heterocycles. The van der Waals surface area contributed by atoms with Crippen molar-refractivity contribution in [2.75, 3.05) is 26.2 Å². The van der Waals surface area contributed by atoms with Crippen LogP contribution in [-0.2, 0) is 9.59 Å². The van der Waals surface area contributed by atoms with Crippen LogP contribution in [0.25, 0.3) is 0 Å². The van der Waals surface area contributed by atoms with Gasteiger partial charge in [0.05, 0.1) is 5.41 Å². The van der Waals surface area contributed by atoms with Crippen molar-refractivity contribution in [2.24, 2.45) is 11.3 Å². The SMILES string of the molecule is CCC1(C(=O)NCCC(=O)NCC(C)C)CCNC1. The Bertz CT molecular complexity index is 310. The Kier molecular flexibility index (Phi) is 6.28. The number of hydrogen-bond donors (Lipinski definition) is 3. The van der Waals surface area contributed by atoms with Crippen molar-refractivity contribution in [1.82, 2.24) is 16.0 Å². The second kappa shape index (κ2) is 7.48. The molecular weight excluding hydrogens is 242 g/mol. The highest BCUT2D eigenvalue weighted by Crippen LogP contribution is 2.29. The summed E-state index contributed by atoms with van der Waals surface area (Å²) < 4.78 is 0. The fourth-order valence-corrected chi connectivity index (χ4v) is 2.28. The van der Waals surface area contributed by atoms with E-state index in [1.165, 1.54) is 0 Å². The first kappa shape index (κ1) is 16.0. The summed E-state index contributed by atoms with van der Waals surface area (Å²) in [5.74, 6) is 0.534. The van der Waals surface area contributed by atoms with Gasteiger partial charge < -0.3 is 16.0 Å². The Hall–Kier alpha value is -1.10. The van der Waals surface area contributed by atoms with Crippen LogP contribution in [0.5, 0.6) is 0 Å². The number of nitrogens with one attached hydrogen (secondary N) is 3. The molecule has 2 amide bonds. The summed E-state index contributed by atoms with van der Waals surface area (Å²) in [6.07, 6.45) is 2.08. The normalized spacial score (nSPS) is 22.5. The maximum atomic E-state index is 12.2. The zero-order chi connectivity index (χ0) is 14.3. The third-order valence-corrected chi connectivity index (χ3v) is 3.75. The maximum Gasteiger partial charge on any atom is 0.227 e. The molecule has 0 aromatic rings. The van der Waals surface area contributed by atoms with E-state index in [4.69, 9.17) is 0 Å². The summed E-state index contributed by atoms with van der Waals surface area (Å²) in [6, 6.07) is 0. The lowest BCUT2D eigenvalue weighted by molar-refractivity contribution is -0.130. The van der Waals surface area contributed by atoms with Crippen molar-refractivity contribution < 1.29 is 9.59 Å². The molecule has 1 atom stereocenters. The van der Waals surface area contributed by atoms with E-state index in [2.05, 4.69) is 29.8 Å². The van der Waals surface area contributed by atoms with Crippen LogP contribution in [0.2, 0.25) is 0 Å². The van der Waals surface area contributed by atoms with Crippen molar-refractivity contribution in [3.63, 3.8) is 0 Å². The summed E-state index contributed by atoms with van der Waals surface area (Å²) in [5, 5.41) is 8.98. The topological polar surface area (TPSA) is 70.2 Å². The van der Waals surface area contributed by atoms with E-state index in [1.54, 1.807) is 0 Å². The van der Waals surface area contributed by atoms with Gasteiger partial charge in [-0.15, -0.1) is 0 Å². The van der Waals surface area contributed by atoms with Crippen molar-refractivity contribution in [2.45, 2.75) is 40.0 Å². The fourth-order valence-electron chi connectivity index (χ4n) is 2.28. The Labute approximate surface area is 115 Å². The number of hydrogen-bond acceptors (Lipinski definition) is 3. The van der Waals surface area contributed by atoms with E-state index in [9.17, 15) is 9.59 Å². The molecule has 0 aliphatic carbocycles. The van der Waals surface area contributed by atoms with Gasteiger partial charge in [0.25, 0.3) is 0 Å². The first-order valence-electron chi connectivity index (χ1n) is 7.26. The Morgan fingerprint density at radius 3 is 2.58 bits per heavy atom. The molecule has 1 saturated heterocycles. The zero-order valence-electron chi connectivity index (χ0n) is 12.3. The number of carbonyl (C=O) groups is 2. The van der Waals surface area contributed by atoms with Crippen LogP contribution < -0.4 is 16.0 Å². The summed E-state index contributed by atoms with van der Waals surface area (Å²) in [6.45, 7) is 8.91. The third-order valence-electron chi connectivity index (χ3n) is 3.75. The Morgan fingerprint density at radius 1 is 1.32 bits per heavy atom. The van der Waals surface area contributed by atoms with Crippen molar-refractivity contribution >= 4 is 11.8 Å². The van der Waals surface area contributed by atoms with Gasteiger partial charge in [-0.1, -0.05) is 20.8 Å². The summed E-state index contributed by atoms with van der Waals surface area (Å²) in [5.41, 5.74) is -0.269. The molecule has 1 fully saturated rings. The molecule has 5 nitrogen and oxygen atoms in total. The van der Waals surface area contributed by atoms with Gasteiger partial charge in [0.15, 0.2) is 0 Å². The van der Waals surface area contributed by atoms with Crippen molar-refractivity contribution in [3.8, 4) is 0 Å². The molecule has 0 spiro atoms. The molecule has 1 heterocycles. The second-order valence-corrected chi connectivity index (χ2v) is 5.76. The highest BCUT2D eigenvalue weighted by Gasteiger charge is 2.39. The first-order chi connectivity index (χ1) is 9.00. The van der Waals surface area contributed by atoms with Crippen LogP contribution in [0.1, 0.15) is 40.0 Å². The van der Waals surface area contributed by atoms with Crippen LogP contribution in [0.3, 0.4) is 0 Å². The molecule has 110 valence electrons. The molecule has 0 aromatic carbocycles. The molecule has 5 heteroatoms. The number of amides is 2. The van der Waals surface area contributed by atoms with E-state index >= 15 is 0 Å². The minimum absolute atomic E-state index is 0.00379. The number of rotatable bonds is 7. The predicted octanol–water partition coefficient (Wildman–Crippen LogP) is 0.655. The zero-order valence-corrected chi connectivity index (χ0v) is 12.3. The molecule has 3 N–H and O–H groups in total. The standard InChI is InChI=1S/C14H27N3O2/c1-4-14(6-8-15-10-14)13(19)16-7-5-12(18)17-9-11(2)3/h11,15H,4-10H2,1-3H3,(H,16,19)(H,17,18). The highest BCUT2D eigenvalue weighted by molar-refractivity contribution is 5.84. The molecular formula is C14H27N3O2. The summed E-state index contributed by atoms with van der Waals surface area (Å²) in [4.78, 5) is 23.7. The smallest absolute Gasteiger partial charge is 0.227 e. The average Bonchev–Trinajstić information content (AvgIpc) is 2.86. The third kappa shape index (κ3) is 4.82. The molecule has 1 rings (SSSR count). The van der Waals surface area contributed by atoms with E-state index in [0.29, 0.717) is 25.4 Å². The maximum absolute atomic E-state index is 12.2. The van der Waals surface area contributed by atoms with Gasteiger partial charge in [0.2, 0.25) is 11.8 Å². The number of carbonyl (C=O) groups excluding carboxylic acids is 2. The summed E-state index contributed by atoms with van der Waals surface area (Å²) in [7, 11) is 0. The lowest BCUT2D eigenvalue weighted by atomic mass is 9.83. The van der Waals surface area contributed by atoms with E-state index in [0.717, 1.165) is 25.9 Å². The van der Waals surface area contributed by atoms with Crippen LogP contribution in [0.15, 0.2) is 0 Å². The van der Waals surface area contributed by atoms with Gasteiger partial charge in [-0.05, 0) is 25.3 Å². The molecule has 0 bridgehead atoms. The molecule has 1 aliphatic heterocycles. The largest absolute Gasteiger partial charge is 0.356 e. The van der Waals surface area contributed by atoms with Gasteiger partial charge in [-0.25, -0.2) is 0 Å². The minimum Gasteiger partial charge on any atom is -0.356 e.